The van der Waals surface area contributed by atoms with E-state index in [1.807, 2.05) is 6.26 Å². The summed E-state index contributed by atoms with van der Waals surface area (Å²) in [7, 11) is 0. The lowest BCUT2D eigenvalue weighted by atomic mass is 9.99. The monoisotopic (exact) mass is 337 g/mol. The van der Waals surface area contributed by atoms with Crippen LogP contribution in [0.2, 0.25) is 0 Å². The highest BCUT2D eigenvalue weighted by Gasteiger charge is 2.13. The van der Waals surface area contributed by atoms with Gasteiger partial charge in [-0.25, -0.2) is 0 Å². The van der Waals surface area contributed by atoms with Gasteiger partial charge in [0.1, 0.15) is 5.58 Å². The predicted octanol–water partition coefficient (Wildman–Crippen LogP) is 5.11. The molecule has 0 saturated carbocycles. The van der Waals surface area contributed by atoms with Crippen LogP contribution in [0.1, 0.15) is 44.7 Å². The zero-order valence-corrected chi connectivity index (χ0v) is 14.4. The first kappa shape index (κ1) is 15.6. The molecule has 0 spiro atoms. The van der Waals surface area contributed by atoms with Crippen LogP contribution in [0.25, 0.3) is 11.0 Å². The Balaban J connectivity index is 2.19. The van der Waals surface area contributed by atoms with E-state index in [-0.39, 0.29) is 0 Å². The first-order valence-electron chi connectivity index (χ1n) is 7.39. The Labute approximate surface area is 130 Å². The first-order valence-corrected chi connectivity index (χ1v) is 8.18. The number of fused-ring (bicyclic) bond motifs is 1. The molecule has 0 aliphatic carbocycles. The Hall–Kier alpha value is -0.800. The lowest BCUT2D eigenvalue weighted by molar-refractivity contribution is 0.551. The van der Waals surface area contributed by atoms with Crippen LogP contribution in [0.3, 0.4) is 0 Å². The Bertz CT molecular complexity index is 572. The highest BCUT2D eigenvalue weighted by molar-refractivity contribution is 9.10. The van der Waals surface area contributed by atoms with Gasteiger partial charge in [0.2, 0.25) is 0 Å². The highest BCUT2D eigenvalue weighted by atomic mass is 79.9. The van der Waals surface area contributed by atoms with Gasteiger partial charge in [-0.3, -0.25) is 0 Å². The summed E-state index contributed by atoms with van der Waals surface area (Å²) in [6, 6.07) is 4.33. The lowest BCUT2D eigenvalue weighted by Gasteiger charge is -2.08. The van der Waals surface area contributed by atoms with Crippen molar-refractivity contribution in [3.05, 3.63) is 34.0 Å². The number of nitrogens with one attached hydrogen (secondary N) is 1. The Morgan fingerprint density at radius 2 is 1.95 bits per heavy atom. The third-order valence-corrected chi connectivity index (χ3v) is 3.95. The third kappa shape index (κ3) is 3.64. The fourth-order valence-corrected chi connectivity index (χ4v) is 2.89. The number of furan rings is 1. The number of benzene rings is 1. The van der Waals surface area contributed by atoms with E-state index < -0.39 is 0 Å². The highest BCUT2D eigenvalue weighted by Crippen LogP contribution is 2.32. The van der Waals surface area contributed by atoms with E-state index in [0.717, 1.165) is 29.6 Å². The van der Waals surface area contributed by atoms with E-state index in [0.29, 0.717) is 11.8 Å². The van der Waals surface area contributed by atoms with Gasteiger partial charge in [0.25, 0.3) is 0 Å². The summed E-state index contributed by atoms with van der Waals surface area (Å²) in [5.41, 5.74) is 3.61. The molecule has 0 amide bonds. The molecule has 20 heavy (non-hydrogen) atoms. The van der Waals surface area contributed by atoms with Crippen molar-refractivity contribution in [3.63, 3.8) is 0 Å². The molecule has 0 aliphatic heterocycles. The SMILES string of the molecule is CC(C)CNCCc1coc2c(C(C)C)cc(Br)cc12. The standard InChI is InChI=1S/C17H24BrNO/c1-11(2)9-19-6-5-13-10-20-17-15(12(3)4)7-14(18)8-16(13)17/h7-8,10-12,19H,5-6,9H2,1-4H3. The van der Waals surface area contributed by atoms with Crippen molar-refractivity contribution in [1.29, 1.82) is 0 Å². The molecule has 1 aromatic carbocycles. The van der Waals surface area contributed by atoms with E-state index in [4.69, 9.17) is 4.42 Å². The number of rotatable bonds is 6. The van der Waals surface area contributed by atoms with Crippen LogP contribution >= 0.6 is 15.9 Å². The Morgan fingerprint density at radius 3 is 2.60 bits per heavy atom. The van der Waals surface area contributed by atoms with E-state index >= 15 is 0 Å². The molecular formula is C17H24BrNO. The first-order chi connectivity index (χ1) is 9.49. The molecule has 1 N–H and O–H groups in total. The van der Waals surface area contributed by atoms with Crippen LogP contribution in [0, 0.1) is 5.92 Å². The van der Waals surface area contributed by atoms with Gasteiger partial charge < -0.3 is 9.73 Å². The van der Waals surface area contributed by atoms with Gasteiger partial charge >= 0.3 is 0 Å². The van der Waals surface area contributed by atoms with Crippen molar-refractivity contribution in [2.75, 3.05) is 13.1 Å². The van der Waals surface area contributed by atoms with Crippen LogP contribution in [-0.4, -0.2) is 13.1 Å². The van der Waals surface area contributed by atoms with Crippen LogP contribution in [0.15, 0.2) is 27.3 Å². The minimum absolute atomic E-state index is 0.466. The molecule has 2 nitrogen and oxygen atoms in total. The summed E-state index contributed by atoms with van der Waals surface area (Å²) in [6.45, 7) is 10.9. The normalized spacial score (nSPS) is 11.9. The largest absolute Gasteiger partial charge is 0.464 e. The molecule has 2 aromatic rings. The maximum atomic E-state index is 5.83. The van der Waals surface area contributed by atoms with E-state index in [1.165, 1.54) is 16.5 Å². The molecular weight excluding hydrogens is 314 g/mol. The van der Waals surface area contributed by atoms with Crippen LogP contribution < -0.4 is 5.32 Å². The fourth-order valence-electron chi connectivity index (χ4n) is 2.41. The second-order valence-corrected chi connectivity index (χ2v) is 7.05. The van der Waals surface area contributed by atoms with E-state index in [1.54, 1.807) is 0 Å². The maximum Gasteiger partial charge on any atom is 0.137 e. The summed E-state index contributed by atoms with van der Waals surface area (Å²) in [5, 5.41) is 4.73. The molecule has 1 aromatic heterocycles. The quantitative estimate of drug-likeness (QED) is 0.741. The van der Waals surface area contributed by atoms with Crippen molar-refractivity contribution in [1.82, 2.24) is 5.32 Å². The zero-order chi connectivity index (χ0) is 14.7. The minimum atomic E-state index is 0.466. The summed E-state index contributed by atoms with van der Waals surface area (Å²) in [6.07, 6.45) is 2.92. The molecule has 0 unspecified atom stereocenters. The van der Waals surface area contributed by atoms with Crippen molar-refractivity contribution in [3.8, 4) is 0 Å². The molecule has 0 fully saturated rings. The second kappa shape index (κ2) is 6.77. The van der Waals surface area contributed by atoms with Crippen LogP contribution in [0.5, 0.6) is 0 Å². The molecule has 110 valence electrons. The van der Waals surface area contributed by atoms with Gasteiger partial charge in [-0.05, 0) is 54.6 Å². The van der Waals surface area contributed by atoms with Crippen molar-refractivity contribution in [2.24, 2.45) is 5.92 Å². The van der Waals surface area contributed by atoms with Gasteiger partial charge in [0.15, 0.2) is 0 Å². The smallest absolute Gasteiger partial charge is 0.137 e. The van der Waals surface area contributed by atoms with Crippen LogP contribution in [0.4, 0.5) is 0 Å². The molecule has 0 saturated heterocycles. The summed E-state index contributed by atoms with van der Waals surface area (Å²) >= 11 is 3.61. The molecule has 2 rings (SSSR count). The topological polar surface area (TPSA) is 25.2 Å². The zero-order valence-electron chi connectivity index (χ0n) is 12.8. The molecule has 3 heteroatoms. The van der Waals surface area contributed by atoms with Crippen molar-refractivity contribution in [2.45, 2.75) is 40.0 Å². The second-order valence-electron chi connectivity index (χ2n) is 6.14. The summed E-state index contributed by atoms with van der Waals surface area (Å²) in [5.74, 6) is 1.16. The molecule has 0 bridgehead atoms. The van der Waals surface area contributed by atoms with Gasteiger partial charge in [0.05, 0.1) is 6.26 Å². The van der Waals surface area contributed by atoms with Gasteiger partial charge in [0, 0.05) is 9.86 Å². The number of hydrogen-bond acceptors (Lipinski definition) is 2. The molecule has 0 atom stereocenters. The number of hydrogen-bond donors (Lipinski definition) is 1. The molecule has 1 heterocycles. The minimum Gasteiger partial charge on any atom is -0.464 e. The fraction of sp³-hybridized carbons (Fsp3) is 0.529. The van der Waals surface area contributed by atoms with Crippen LogP contribution in [-0.2, 0) is 6.42 Å². The van der Waals surface area contributed by atoms with Gasteiger partial charge in [-0.15, -0.1) is 0 Å². The average Bonchev–Trinajstić information content (AvgIpc) is 2.76. The van der Waals surface area contributed by atoms with E-state index in [2.05, 4.69) is 61.1 Å². The van der Waals surface area contributed by atoms with Gasteiger partial charge in [-0.2, -0.15) is 0 Å². The summed E-state index contributed by atoms with van der Waals surface area (Å²) < 4.78 is 6.96. The average molecular weight is 338 g/mol. The molecule has 0 aliphatic rings. The lowest BCUT2D eigenvalue weighted by Crippen LogP contribution is -2.21. The summed E-state index contributed by atoms with van der Waals surface area (Å²) in [4.78, 5) is 0. The number of halogens is 1. The van der Waals surface area contributed by atoms with Gasteiger partial charge in [-0.1, -0.05) is 43.6 Å². The van der Waals surface area contributed by atoms with Crippen molar-refractivity contribution >= 4 is 26.9 Å². The maximum absolute atomic E-state index is 5.83. The third-order valence-electron chi connectivity index (χ3n) is 3.49. The Morgan fingerprint density at radius 1 is 1.20 bits per heavy atom. The predicted molar refractivity (Wildman–Crippen MR) is 89.4 cm³/mol. The molecule has 0 radical (unpaired) electrons. The van der Waals surface area contributed by atoms with E-state index in [9.17, 15) is 0 Å². The Kier molecular flexibility index (Phi) is 5.28. The van der Waals surface area contributed by atoms with Crippen molar-refractivity contribution < 1.29 is 4.42 Å².